The molecule has 1 aliphatic heterocycles. The maximum atomic E-state index is 10.8. The fraction of sp³-hybridized carbons (Fsp3) is 0.714. The molecule has 0 aromatic rings. The van der Waals surface area contributed by atoms with Crippen molar-refractivity contribution in [2.75, 3.05) is 6.54 Å². The van der Waals surface area contributed by atoms with Gasteiger partial charge in [0.25, 0.3) is 0 Å². The number of hydrogen-bond donors (Lipinski definition) is 2. The Morgan fingerprint density at radius 3 is 2.50 bits per heavy atom. The fourth-order valence-corrected chi connectivity index (χ4v) is 1.54. The number of carbonyl (C=O) groups excluding carboxylic acids is 1. The first-order chi connectivity index (χ1) is 5.48. The van der Waals surface area contributed by atoms with Crippen LogP contribution in [0.5, 0.6) is 0 Å². The van der Waals surface area contributed by atoms with Crippen LogP contribution in [-0.4, -0.2) is 34.1 Å². The number of carboxylic acids is 1. The molecule has 2 amide bonds. The number of rotatable bonds is 1. The Balaban J connectivity index is 2.89. The molecule has 0 spiro atoms. The molecule has 0 aromatic carbocycles. The Labute approximate surface area is 70.1 Å². The van der Waals surface area contributed by atoms with Crippen LogP contribution >= 0.6 is 0 Å². The standard InChI is InChI=1S/C7H12N2O3/c1-7(5(10)11)3-2-4-9(7)6(8)12/h2-4H2,1H3,(H2,8,12)(H,10,11). The molecule has 0 bridgehead atoms. The second-order valence-electron chi connectivity index (χ2n) is 3.17. The zero-order chi connectivity index (χ0) is 9.35. The summed E-state index contributed by atoms with van der Waals surface area (Å²) < 4.78 is 0. The molecular formula is C7H12N2O3. The van der Waals surface area contributed by atoms with E-state index in [0.29, 0.717) is 19.4 Å². The minimum absolute atomic E-state index is 0.443. The van der Waals surface area contributed by atoms with Crippen LogP contribution in [0, 0.1) is 0 Å². The Kier molecular flexibility index (Phi) is 1.95. The fourth-order valence-electron chi connectivity index (χ4n) is 1.54. The summed E-state index contributed by atoms with van der Waals surface area (Å²) in [7, 11) is 0. The molecule has 12 heavy (non-hydrogen) atoms. The second-order valence-corrected chi connectivity index (χ2v) is 3.17. The molecule has 0 saturated carbocycles. The lowest BCUT2D eigenvalue weighted by Gasteiger charge is -2.29. The molecule has 1 rings (SSSR count). The highest BCUT2D eigenvalue weighted by atomic mass is 16.4. The van der Waals surface area contributed by atoms with E-state index >= 15 is 0 Å². The maximum absolute atomic E-state index is 10.8. The van der Waals surface area contributed by atoms with Crippen LogP contribution in [0.25, 0.3) is 0 Å². The van der Waals surface area contributed by atoms with Gasteiger partial charge in [0.1, 0.15) is 5.54 Å². The topological polar surface area (TPSA) is 83.6 Å². The van der Waals surface area contributed by atoms with Gasteiger partial charge in [0.15, 0.2) is 0 Å². The van der Waals surface area contributed by atoms with Gasteiger partial charge in [-0.1, -0.05) is 0 Å². The lowest BCUT2D eigenvalue weighted by Crippen LogP contribution is -2.52. The first-order valence-electron chi connectivity index (χ1n) is 3.79. The number of nitrogens with two attached hydrogens (primary N) is 1. The molecule has 5 nitrogen and oxygen atoms in total. The van der Waals surface area contributed by atoms with Gasteiger partial charge >= 0.3 is 12.0 Å². The van der Waals surface area contributed by atoms with E-state index in [2.05, 4.69) is 0 Å². The van der Waals surface area contributed by atoms with Crippen LogP contribution in [0.2, 0.25) is 0 Å². The maximum Gasteiger partial charge on any atom is 0.329 e. The molecule has 1 aliphatic rings. The van der Waals surface area contributed by atoms with E-state index in [0.717, 1.165) is 0 Å². The summed E-state index contributed by atoms with van der Waals surface area (Å²) in [5, 5.41) is 8.84. The van der Waals surface area contributed by atoms with Gasteiger partial charge in [-0.3, -0.25) is 0 Å². The third kappa shape index (κ3) is 1.11. The van der Waals surface area contributed by atoms with E-state index in [1.54, 1.807) is 0 Å². The zero-order valence-corrected chi connectivity index (χ0v) is 6.91. The average molecular weight is 172 g/mol. The van der Waals surface area contributed by atoms with Crippen molar-refractivity contribution in [1.82, 2.24) is 4.90 Å². The first kappa shape index (κ1) is 8.83. The average Bonchev–Trinajstić information content (AvgIpc) is 2.32. The Bertz CT molecular complexity index is 229. The normalized spacial score (nSPS) is 28.9. The minimum Gasteiger partial charge on any atom is -0.480 e. The Morgan fingerprint density at radius 2 is 2.17 bits per heavy atom. The second kappa shape index (κ2) is 2.66. The molecule has 68 valence electrons. The van der Waals surface area contributed by atoms with Gasteiger partial charge in [-0.15, -0.1) is 0 Å². The monoisotopic (exact) mass is 172 g/mol. The highest BCUT2D eigenvalue weighted by molar-refractivity contribution is 5.85. The first-order valence-corrected chi connectivity index (χ1v) is 3.79. The van der Waals surface area contributed by atoms with Crippen molar-refractivity contribution in [3.8, 4) is 0 Å². The van der Waals surface area contributed by atoms with Gasteiger partial charge in [-0.05, 0) is 19.8 Å². The van der Waals surface area contributed by atoms with E-state index in [1.807, 2.05) is 0 Å². The van der Waals surface area contributed by atoms with E-state index in [9.17, 15) is 9.59 Å². The van der Waals surface area contributed by atoms with Gasteiger partial charge in [-0.25, -0.2) is 9.59 Å². The zero-order valence-electron chi connectivity index (χ0n) is 6.91. The van der Waals surface area contributed by atoms with E-state index in [1.165, 1.54) is 11.8 Å². The highest BCUT2D eigenvalue weighted by Crippen LogP contribution is 2.28. The summed E-state index contributed by atoms with van der Waals surface area (Å²) in [6.07, 6.45) is 1.18. The van der Waals surface area contributed by atoms with Gasteiger partial charge in [0, 0.05) is 6.54 Å². The Morgan fingerprint density at radius 1 is 1.58 bits per heavy atom. The highest BCUT2D eigenvalue weighted by Gasteiger charge is 2.45. The molecule has 3 N–H and O–H groups in total. The molecule has 1 unspecified atom stereocenters. The molecule has 0 aliphatic carbocycles. The molecule has 1 saturated heterocycles. The lowest BCUT2D eigenvalue weighted by atomic mass is 10.00. The molecule has 1 heterocycles. The van der Waals surface area contributed by atoms with E-state index in [4.69, 9.17) is 10.8 Å². The van der Waals surface area contributed by atoms with Crippen molar-refractivity contribution >= 4 is 12.0 Å². The minimum atomic E-state index is -1.09. The summed E-state index contributed by atoms with van der Waals surface area (Å²) >= 11 is 0. The number of carbonyl (C=O) groups is 2. The molecule has 5 heteroatoms. The molecule has 1 fully saturated rings. The number of nitrogens with zero attached hydrogens (tertiary/aromatic N) is 1. The van der Waals surface area contributed by atoms with Crippen molar-refractivity contribution < 1.29 is 14.7 Å². The Hall–Kier alpha value is -1.26. The number of primary amides is 1. The summed E-state index contributed by atoms with van der Waals surface area (Å²) in [6.45, 7) is 1.96. The van der Waals surface area contributed by atoms with Crippen LogP contribution in [0.4, 0.5) is 4.79 Å². The van der Waals surface area contributed by atoms with Crippen molar-refractivity contribution in [3.05, 3.63) is 0 Å². The lowest BCUT2D eigenvalue weighted by molar-refractivity contribution is -0.147. The SMILES string of the molecule is CC1(C(=O)O)CCCN1C(N)=O. The number of hydrogen-bond acceptors (Lipinski definition) is 2. The van der Waals surface area contributed by atoms with Gasteiger partial charge in [-0.2, -0.15) is 0 Å². The van der Waals surface area contributed by atoms with Crippen molar-refractivity contribution in [2.24, 2.45) is 5.73 Å². The van der Waals surface area contributed by atoms with E-state index < -0.39 is 17.5 Å². The molecule has 0 aromatic heterocycles. The van der Waals surface area contributed by atoms with Gasteiger partial charge < -0.3 is 15.7 Å². The number of carboxylic acid groups (broad SMARTS) is 1. The largest absolute Gasteiger partial charge is 0.480 e. The van der Waals surface area contributed by atoms with Crippen LogP contribution < -0.4 is 5.73 Å². The predicted octanol–water partition coefficient (Wildman–Crippen LogP) is 0.00420. The summed E-state index contributed by atoms with van der Waals surface area (Å²) in [4.78, 5) is 22.8. The summed E-state index contributed by atoms with van der Waals surface area (Å²) in [5.74, 6) is -0.987. The number of likely N-dealkylation sites (tertiary alicyclic amines) is 1. The third-order valence-corrected chi connectivity index (χ3v) is 2.37. The third-order valence-electron chi connectivity index (χ3n) is 2.37. The molecular weight excluding hydrogens is 160 g/mol. The van der Waals surface area contributed by atoms with Crippen LogP contribution in [0.1, 0.15) is 19.8 Å². The number of urea groups is 1. The van der Waals surface area contributed by atoms with Gasteiger partial charge in [0.2, 0.25) is 0 Å². The molecule has 1 atom stereocenters. The van der Waals surface area contributed by atoms with Crippen LogP contribution in [-0.2, 0) is 4.79 Å². The summed E-state index contributed by atoms with van der Waals surface area (Å²) in [6, 6.07) is -0.655. The van der Waals surface area contributed by atoms with Crippen LogP contribution in [0.3, 0.4) is 0 Å². The number of amides is 2. The quantitative estimate of drug-likeness (QED) is 0.584. The van der Waals surface area contributed by atoms with Crippen LogP contribution in [0.15, 0.2) is 0 Å². The smallest absolute Gasteiger partial charge is 0.329 e. The van der Waals surface area contributed by atoms with Crippen molar-refractivity contribution in [2.45, 2.75) is 25.3 Å². The molecule has 0 radical (unpaired) electrons. The van der Waals surface area contributed by atoms with Crippen molar-refractivity contribution in [3.63, 3.8) is 0 Å². The summed E-state index contributed by atoms with van der Waals surface area (Å²) in [5.41, 5.74) is 3.94. The number of aliphatic carboxylic acids is 1. The predicted molar refractivity (Wildman–Crippen MR) is 41.6 cm³/mol. The van der Waals surface area contributed by atoms with Gasteiger partial charge in [0.05, 0.1) is 0 Å². The van der Waals surface area contributed by atoms with Crippen molar-refractivity contribution in [1.29, 1.82) is 0 Å². The van der Waals surface area contributed by atoms with E-state index in [-0.39, 0.29) is 0 Å².